The van der Waals surface area contributed by atoms with Gasteiger partial charge in [0.15, 0.2) is 11.5 Å². The molecule has 0 radical (unpaired) electrons. The highest BCUT2D eigenvalue weighted by Crippen LogP contribution is 2.31. The summed E-state index contributed by atoms with van der Waals surface area (Å²) < 4.78 is 14.7. The van der Waals surface area contributed by atoms with E-state index in [1.165, 1.54) is 40.4 Å². The molecule has 0 aliphatic heterocycles. The predicted molar refractivity (Wildman–Crippen MR) is 72.9 cm³/mol. The summed E-state index contributed by atoms with van der Waals surface area (Å²) in [5.74, 6) is -0.251. The highest BCUT2D eigenvalue weighted by Gasteiger charge is 2.20. The molecule has 1 unspecified atom stereocenters. The van der Waals surface area contributed by atoms with E-state index in [1.54, 1.807) is 0 Å². The van der Waals surface area contributed by atoms with E-state index >= 15 is 0 Å². The van der Waals surface area contributed by atoms with Crippen LogP contribution in [0.3, 0.4) is 0 Å². The van der Waals surface area contributed by atoms with Crippen molar-refractivity contribution in [1.82, 2.24) is 5.32 Å². The van der Waals surface area contributed by atoms with Gasteiger partial charge >= 0.3 is 5.97 Å². The van der Waals surface area contributed by atoms with Gasteiger partial charge in [0.05, 0.1) is 26.9 Å². The fraction of sp³-hybridized carbons (Fsp3) is 0.385. The normalized spacial score (nSPS) is 11.4. The zero-order valence-electron chi connectivity index (χ0n) is 11.9. The van der Waals surface area contributed by atoms with Crippen LogP contribution in [0, 0.1) is 0 Å². The minimum atomic E-state index is -0.778. The third-order valence-corrected chi connectivity index (χ3v) is 2.70. The standard InChI is InChI=1S/C13H18N2O5/c1-7(13(17)20-4)15-12(16)8-5-10(18-2)11(19-3)6-9(8)14/h5-7H,14H2,1-4H3,(H,15,16). The molecule has 1 aromatic carbocycles. The quantitative estimate of drug-likeness (QED) is 0.605. The second kappa shape index (κ2) is 6.65. The molecular weight excluding hydrogens is 264 g/mol. The first-order valence-electron chi connectivity index (χ1n) is 5.84. The Labute approximate surface area is 117 Å². The highest BCUT2D eigenvalue weighted by molar-refractivity contribution is 6.01. The van der Waals surface area contributed by atoms with Gasteiger partial charge in [0.1, 0.15) is 6.04 Å². The van der Waals surface area contributed by atoms with E-state index in [0.29, 0.717) is 11.5 Å². The summed E-state index contributed by atoms with van der Waals surface area (Å²) in [4.78, 5) is 23.3. The summed E-state index contributed by atoms with van der Waals surface area (Å²) in [6.07, 6.45) is 0. The second-order valence-corrected chi connectivity index (χ2v) is 4.01. The van der Waals surface area contributed by atoms with Crippen molar-refractivity contribution in [2.75, 3.05) is 27.1 Å². The fourth-order valence-electron chi connectivity index (χ4n) is 1.60. The summed E-state index contributed by atoms with van der Waals surface area (Å²) >= 11 is 0. The molecule has 110 valence electrons. The second-order valence-electron chi connectivity index (χ2n) is 4.01. The van der Waals surface area contributed by atoms with Crippen LogP contribution in [0.15, 0.2) is 12.1 Å². The van der Waals surface area contributed by atoms with Crippen LogP contribution in [-0.4, -0.2) is 39.2 Å². The van der Waals surface area contributed by atoms with Crippen LogP contribution in [0.4, 0.5) is 5.69 Å². The summed E-state index contributed by atoms with van der Waals surface area (Å²) in [5.41, 5.74) is 6.21. The van der Waals surface area contributed by atoms with Crippen molar-refractivity contribution in [3.8, 4) is 11.5 Å². The molecule has 1 atom stereocenters. The molecule has 0 saturated carbocycles. The van der Waals surface area contributed by atoms with Crippen LogP contribution in [0.5, 0.6) is 11.5 Å². The first kappa shape index (κ1) is 15.6. The largest absolute Gasteiger partial charge is 0.493 e. The Morgan fingerprint density at radius 2 is 1.70 bits per heavy atom. The predicted octanol–water partition coefficient (Wildman–Crippen LogP) is 0.577. The Balaban J connectivity index is 3.01. The van der Waals surface area contributed by atoms with Crippen LogP contribution < -0.4 is 20.5 Å². The summed E-state index contributed by atoms with van der Waals surface area (Å²) in [6, 6.07) is 2.16. The number of hydrogen-bond acceptors (Lipinski definition) is 6. The molecule has 0 aliphatic rings. The number of nitrogens with two attached hydrogens (primary N) is 1. The number of ether oxygens (including phenoxy) is 3. The molecule has 1 rings (SSSR count). The van der Waals surface area contributed by atoms with Gasteiger partial charge in [-0.3, -0.25) is 4.79 Å². The molecule has 20 heavy (non-hydrogen) atoms. The Kier molecular flexibility index (Phi) is 5.19. The molecule has 0 saturated heterocycles. The fourth-order valence-corrected chi connectivity index (χ4v) is 1.60. The molecule has 0 spiro atoms. The third-order valence-electron chi connectivity index (χ3n) is 2.70. The smallest absolute Gasteiger partial charge is 0.328 e. The number of rotatable bonds is 5. The number of amides is 1. The molecular formula is C13H18N2O5. The zero-order chi connectivity index (χ0) is 15.3. The van der Waals surface area contributed by atoms with E-state index in [4.69, 9.17) is 15.2 Å². The number of nitrogens with one attached hydrogen (secondary N) is 1. The SMILES string of the molecule is COC(=O)C(C)NC(=O)c1cc(OC)c(OC)cc1N. The molecule has 7 nitrogen and oxygen atoms in total. The number of esters is 1. The number of nitrogen functional groups attached to an aromatic ring is 1. The van der Waals surface area contributed by atoms with Gasteiger partial charge in [-0.15, -0.1) is 0 Å². The lowest BCUT2D eigenvalue weighted by atomic mass is 10.1. The topological polar surface area (TPSA) is 99.9 Å². The van der Waals surface area contributed by atoms with Gasteiger partial charge in [-0.25, -0.2) is 4.79 Å². The Hall–Kier alpha value is -2.44. The minimum Gasteiger partial charge on any atom is -0.493 e. The number of carbonyl (C=O) groups excluding carboxylic acids is 2. The van der Waals surface area contributed by atoms with Gasteiger partial charge in [0.25, 0.3) is 5.91 Å². The lowest BCUT2D eigenvalue weighted by Crippen LogP contribution is -2.39. The maximum atomic E-state index is 12.1. The van der Waals surface area contributed by atoms with Gasteiger partial charge in [0, 0.05) is 11.8 Å². The summed E-state index contributed by atoms with van der Waals surface area (Å²) in [6.45, 7) is 1.51. The van der Waals surface area contributed by atoms with Crippen molar-refractivity contribution in [2.45, 2.75) is 13.0 Å². The molecule has 0 aliphatic carbocycles. The molecule has 0 heterocycles. The van der Waals surface area contributed by atoms with Gasteiger partial charge in [-0.2, -0.15) is 0 Å². The third kappa shape index (κ3) is 3.31. The Morgan fingerprint density at radius 3 is 2.20 bits per heavy atom. The molecule has 1 amide bonds. The summed E-state index contributed by atoms with van der Waals surface area (Å²) in [7, 11) is 4.17. The van der Waals surface area contributed by atoms with Gasteiger partial charge in [-0.1, -0.05) is 0 Å². The number of carbonyl (C=O) groups is 2. The van der Waals surface area contributed by atoms with Crippen molar-refractivity contribution in [2.24, 2.45) is 0 Å². The van der Waals surface area contributed by atoms with Gasteiger partial charge in [-0.05, 0) is 13.0 Å². The van der Waals surface area contributed by atoms with Crippen LogP contribution in [0.25, 0.3) is 0 Å². The zero-order valence-corrected chi connectivity index (χ0v) is 11.9. The van der Waals surface area contributed by atoms with E-state index in [9.17, 15) is 9.59 Å². The maximum absolute atomic E-state index is 12.1. The van der Waals surface area contributed by atoms with E-state index in [-0.39, 0.29) is 11.3 Å². The van der Waals surface area contributed by atoms with Crippen LogP contribution in [-0.2, 0) is 9.53 Å². The Bertz CT molecular complexity index is 516. The molecule has 3 N–H and O–H groups in total. The lowest BCUT2D eigenvalue weighted by Gasteiger charge is -2.15. The van der Waals surface area contributed by atoms with Crippen LogP contribution >= 0.6 is 0 Å². The molecule has 7 heteroatoms. The van der Waals surface area contributed by atoms with Gasteiger partial charge < -0.3 is 25.3 Å². The van der Waals surface area contributed by atoms with Crippen molar-refractivity contribution in [1.29, 1.82) is 0 Å². The van der Waals surface area contributed by atoms with Crippen molar-refractivity contribution in [3.63, 3.8) is 0 Å². The van der Waals surface area contributed by atoms with Gasteiger partial charge in [0.2, 0.25) is 0 Å². The van der Waals surface area contributed by atoms with Crippen LogP contribution in [0.2, 0.25) is 0 Å². The average Bonchev–Trinajstić information content (AvgIpc) is 2.45. The number of methoxy groups -OCH3 is 3. The monoisotopic (exact) mass is 282 g/mol. The van der Waals surface area contributed by atoms with E-state index in [0.717, 1.165) is 0 Å². The number of benzene rings is 1. The van der Waals surface area contributed by atoms with E-state index in [1.807, 2.05) is 0 Å². The first-order chi connectivity index (χ1) is 9.44. The van der Waals surface area contributed by atoms with Crippen molar-refractivity contribution < 1.29 is 23.8 Å². The summed E-state index contributed by atoms with van der Waals surface area (Å²) in [5, 5.41) is 2.49. The maximum Gasteiger partial charge on any atom is 0.328 e. The number of hydrogen-bond donors (Lipinski definition) is 2. The highest BCUT2D eigenvalue weighted by atomic mass is 16.5. The minimum absolute atomic E-state index is 0.193. The Morgan fingerprint density at radius 1 is 1.15 bits per heavy atom. The number of anilines is 1. The van der Waals surface area contributed by atoms with Crippen molar-refractivity contribution >= 4 is 17.6 Å². The van der Waals surface area contributed by atoms with E-state index in [2.05, 4.69) is 10.1 Å². The van der Waals surface area contributed by atoms with Crippen molar-refractivity contribution in [3.05, 3.63) is 17.7 Å². The molecule has 1 aromatic rings. The molecule has 0 fully saturated rings. The average molecular weight is 282 g/mol. The van der Waals surface area contributed by atoms with E-state index < -0.39 is 17.9 Å². The lowest BCUT2D eigenvalue weighted by molar-refractivity contribution is -0.142. The molecule has 0 bridgehead atoms. The molecule has 0 aromatic heterocycles. The van der Waals surface area contributed by atoms with Crippen LogP contribution in [0.1, 0.15) is 17.3 Å². The first-order valence-corrected chi connectivity index (χ1v) is 5.84.